The van der Waals surface area contributed by atoms with Crippen LogP contribution in [0.1, 0.15) is 40.0 Å². The Morgan fingerprint density at radius 1 is 1.44 bits per heavy atom. The van der Waals surface area contributed by atoms with E-state index in [0.717, 1.165) is 44.6 Å². The van der Waals surface area contributed by atoms with E-state index in [4.69, 9.17) is 0 Å². The van der Waals surface area contributed by atoms with Crippen LogP contribution in [0, 0.1) is 0 Å². The van der Waals surface area contributed by atoms with Crippen molar-refractivity contribution in [3.8, 4) is 0 Å². The molecule has 1 fully saturated rings. The molecule has 2 amide bonds. The fourth-order valence-electron chi connectivity index (χ4n) is 1.71. The molecule has 0 spiro atoms. The molecule has 0 aliphatic carbocycles. The molecule has 0 saturated carbocycles. The Morgan fingerprint density at radius 2 is 2.19 bits per heavy atom. The molecular weight excluding hydrogens is 220 g/mol. The number of carbonyl (C=O) groups is 1. The number of thioether (sulfide) groups is 1. The molecule has 0 atom stereocenters. The van der Waals surface area contributed by atoms with E-state index in [1.54, 1.807) is 0 Å². The number of rotatable bonds is 3. The molecule has 0 radical (unpaired) electrons. The summed E-state index contributed by atoms with van der Waals surface area (Å²) in [6, 6.07) is 0.117. The summed E-state index contributed by atoms with van der Waals surface area (Å²) in [6.45, 7) is 9.23. The number of hydrogen-bond donors (Lipinski definition) is 1. The molecule has 3 nitrogen and oxygen atoms in total. The highest BCUT2D eigenvalue weighted by molar-refractivity contribution is 8.00. The zero-order valence-electron chi connectivity index (χ0n) is 10.7. The van der Waals surface area contributed by atoms with Crippen molar-refractivity contribution in [1.29, 1.82) is 0 Å². The molecule has 1 N–H and O–H groups in total. The lowest BCUT2D eigenvalue weighted by atomic mass is 10.1. The van der Waals surface area contributed by atoms with Crippen molar-refractivity contribution < 1.29 is 4.79 Å². The van der Waals surface area contributed by atoms with E-state index in [-0.39, 0.29) is 6.03 Å². The third-order valence-electron chi connectivity index (χ3n) is 2.93. The van der Waals surface area contributed by atoms with Crippen LogP contribution < -0.4 is 5.32 Å². The zero-order chi connectivity index (χ0) is 12.0. The summed E-state index contributed by atoms with van der Waals surface area (Å²) in [7, 11) is 0. The number of amides is 2. The molecule has 0 aromatic carbocycles. The van der Waals surface area contributed by atoms with E-state index in [9.17, 15) is 4.79 Å². The van der Waals surface area contributed by atoms with Gasteiger partial charge >= 0.3 is 6.03 Å². The van der Waals surface area contributed by atoms with Crippen molar-refractivity contribution in [2.75, 3.05) is 25.4 Å². The van der Waals surface area contributed by atoms with E-state index >= 15 is 0 Å². The number of nitrogens with one attached hydrogen (secondary N) is 1. The Bertz CT molecular complexity index is 231. The first-order valence-electron chi connectivity index (χ1n) is 6.22. The number of unbranched alkanes of at least 4 members (excludes halogenated alkanes) is 1. The van der Waals surface area contributed by atoms with Crippen molar-refractivity contribution in [3.63, 3.8) is 0 Å². The first-order valence-corrected chi connectivity index (χ1v) is 7.20. The summed E-state index contributed by atoms with van der Waals surface area (Å²) in [4.78, 5) is 13.8. The van der Waals surface area contributed by atoms with Gasteiger partial charge in [0.15, 0.2) is 0 Å². The zero-order valence-corrected chi connectivity index (χ0v) is 11.5. The summed E-state index contributed by atoms with van der Waals surface area (Å²) in [5.74, 6) is 1.05. The quantitative estimate of drug-likeness (QED) is 0.774. The lowest BCUT2D eigenvalue weighted by Gasteiger charge is -2.22. The van der Waals surface area contributed by atoms with Crippen molar-refractivity contribution in [2.24, 2.45) is 0 Å². The highest BCUT2D eigenvalue weighted by Crippen LogP contribution is 2.30. The molecule has 1 heterocycles. The average molecular weight is 244 g/mol. The summed E-state index contributed by atoms with van der Waals surface area (Å²) >= 11 is 1.97. The monoisotopic (exact) mass is 244 g/mol. The third-order valence-corrected chi connectivity index (χ3v) is 4.30. The van der Waals surface area contributed by atoms with Gasteiger partial charge in [-0.25, -0.2) is 4.79 Å². The van der Waals surface area contributed by atoms with Crippen LogP contribution in [-0.2, 0) is 0 Å². The van der Waals surface area contributed by atoms with Gasteiger partial charge < -0.3 is 10.2 Å². The number of nitrogens with zero attached hydrogens (tertiary/aromatic N) is 1. The van der Waals surface area contributed by atoms with Crippen molar-refractivity contribution in [2.45, 2.75) is 44.8 Å². The Hall–Kier alpha value is -0.380. The Morgan fingerprint density at radius 3 is 2.88 bits per heavy atom. The molecule has 0 aromatic heterocycles. The van der Waals surface area contributed by atoms with Crippen LogP contribution in [0.4, 0.5) is 4.79 Å². The van der Waals surface area contributed by atoms with Crippen LogP contribution in [0.3, 0.4) is 0 Å². The molecule has 1 rings (SSSR count). The minimum atomic E-state index is 0.117. The van der Waals surface area contributed by atoms with E-state index < -0.39 is 0 Å². The molecule has 1 saturated heterocycles. The van der Waals surface area contributed by atoms with Gasteiger partial charge in [-0.05, 0) is 12.8 Å². The van der Waals surface area contributed by atoms with E-state index in [0.29, 0.717) is 4.75 Å². The molecule has 1 aliphatic rings. The van der Waals surface area contributed by atoms with Crippen LogP contribution in [0.15, 0.2) is 0 Å². The smallest absolute Gasteiger partial charge is 0.317 e. The molecule has 0 aromatic rings. The first kappa shape index (κ1) is 13.7. The molecule has 16 heavy (non-hydrogen) atoms. The van der Waals surface area contributed by atoms with E-state index in [1.165, 1.54) is 0 Å². The van der Waals surface area contributed by atoms with Crippen LogP contribution >= 0.6 is 11.8 Å². The Balaban J connectivity index is 2.33. The van der Waals surface area contributed by atoms with E-state index in [1.807, 2.05) is 16.7 Å². The minimum Gasteiger partial charge on any atom is -0.338 e. The van der Waals surface area contributed by atoms with Crippen LogP contribution in [0.2, 0.25) is 0 Å². The maximum Gasteiger partial charge on any atom is 0.317 e. The highest BCUT2D eigenvalue weighted by atomic mass is 32.2. The second-order valence-electron chi connectivity index (χ2n) is 4.93. The van der Waals surface area contributed by atoms with Crippen molar-refractivity contribution in [1.82, 2.24) is 10.2 Å². The largest absolute Gasteiger partial charge is 0.338 e. The number of urea groups is 1. The van der Waals surface area contributed by atoms with Gasteiger partial charge in [0.25, 0.3) is 0 Å². The van der Waals surface area contributed by atoms with Crippen LogP contribution in [-0.4, -0.2) is 41.1 Å². The third kappa shape index (κ3) is 4.64. The van der Waals surface area contributed by atoms with Gasteiger partial charge in [0.1, 0.15) is 0 Å². The maximum absolute atomic E-state index is 11.8. The Kier molecular flexibility index (Phi) is 5.46. The molecular formula is C12H24N2OS. The number of hydrogen-bond acceptors (Lipinski definition) is 2. The summed E-state index contributed by atoms with van der Waals surface area (Å²) < 4.78 is 0.318. The summed E-state index contributed by atoms with van der Waals surface area (Å²) in [5.41, 5.74) is 0. The molecule has 1 aliphatic heterocycles. The van der Waals surface area contributed by atoms with Gasteiger partial charge in [0.05, 0.1) is 0 Å². The fourth-order valence-corrected chi connectivity index (χ4v) is 2.81. The van der Waals surface area contributed by atoms with E-state index in [2.05, 4.69) is 26.1 Å². The SMILES string of the molecule is CCCCNC(=O)N1CCSC(C)(C)CC1. The number of carbonyl (C=O) groups excluding carboxylic acids is 1. The second-order valence-corrected chi connectivity index (χ2v) is 6.73. The van der Waals surface area contributed by atoms with Gasteiger partial charge in [-0.3, -0.25) is 0 Å². The van der Waals surface area contributed by atoms with Gasteiger partial charge in [0.2, 0.25) is 0 Å². The predicted octanol–water partition coefficient (Wildman–Crippen LogP) is 2.71. The van der Waals surface area contributed by atoms with Crippen LogP contribution in [0.5, 0.6) is 0 Å². The average Bonchev–Trinajstić information content (AvgIpc) is 2.39. The molecule has 4 heteroatoms. The van der Waals surface area contributed by atoms with Crippen LogP contribution in [0.25, 0.3) is 0 Å². The van der Waals surface area contributed by atoms with Gasteiger partial charge in [-0.1, -0.05) is 27.2 Å². The maximum atomic E-state index is 11.8. The molecule has 94 valence electrons. The normalized spacial score (nSPS) is 20.3. The summed E-state index contributed by atoms with van der Waals surface area (Å²) in [5, 5.41) is 2.99. The fraction of sp³-hybridized carbons (Fsp3) is 0.917. The topological polar surface area (TPSA) is 32.3 Å². The lowest BCUT2D eigenvalue weighted by Crippen LogP contribution is -2.41. The Labute approximate surface area is 103 Å². The van der Waals surface area contributed by atoms with Crippen molar-refractivity contribution >= 4 is 17.8 Å². The van der Waals surface area contributed by atoms with Gasteiger partial charge in [-0.15, -0.1) is 0 Å². The predicted molar refractivity (Wildman–Crippen MR) is 71.0 cm³/mol. The first-order chi connectivity index (χ1) is 7.55. The molecule has 0 bridgehead atoms. The van der Waals surface area contributed by atoms with Gasteiger partial charge in [0, 0.05) is 30.1 Å². The van der Waals surface area contributed by atoms with Gasteiger partial charge in [-0.2, -0.15) is 11.8 Å². The summed E-state index contributed by atoms with van der Waals surface area (Å²) in [6.07, 6.45) is 3.28. The highest BCUT2D eigenvalue weighted by Gasteiger charge is 2.25. The standard InChI is InChI=1S/C12H24N2OS/c1-4-5-7-13-11(15)14-8-6-12(2,3)16-10-9-14/h4-10H2,1-3H3,(H,13,15). The molecule has 0 unspecified atom stereocenters. The minimum absolute atomic E-state index is 0.117. The lowest BCUT2D eigenvalue weighted by molar-refractivity contribution is 0.200. The second kappa shape index (κ2) is 6.38. The van der Waals surface area contributed by atoms with Crippen molar-refractivity contribution in [3.05, 3.63) is 0 Å².